The Morgan fingerprint density at radius 1 is 0.400 bits per heavy atom. The van der Waals surface area contributed by atoms with Gasteiger partial charge in [-0.2, -0.15) is 0 Å². The van der Waals surface area contributed by atoms with Gasteiger partial charge in [-0.3, -0.25) is 14.4 Å². The van der Waals surface area contributed by atoms with Gasteiger partial charge in [0.2, 0.25) is 0 Å². The third kappa shape index (κ3) is 49.3. The van der Waals surface area contributed by atoms with Gasteiger partial charge in [-0.15, -0.1) is 0 Å². The zero-order valence-electron chi connectivity index (χ0n) is 53.8. The van der Waals surface area contributed by atoms with Gasteiger partial charge in [0.05, 0.1) is 6.61 Å². The van der Waals surface area contributed by atoms with Gasteiger partial charge in [0.15, 0.2) is 24.6 Å². The van der Waals surface area contributed by atoms with Crippen LogP contribution >= 0.6 is 0 Å². The molecular formula is C73H122O12. The van der Waals surface area contributed by atoms with Gasteiger partial charge in [0.25, 0.3) is 0 Å². The molecule has 12 heteroatoms. The molecule has 0 aromatic carbocycles. The molecule has 0 amide bonds. The van der Waals surface area contributed by atoms with Crippen LogP contribution in [0.5, 0.6) is 0 Å². The molecule has 0 saturated carbocycles. The van der Waals surface area contributed by atoms with Crippen molar-refractivity contribution in [3.05, 3.63) is 97.2 Å². The molecule has 0 spiro atoms. The average Bonchev–Trinajstić information content (AvgIpc) is 3.46. The second kappa shape index (κ2) is 59.9. The van der Waals surface area contributed by atoms with Crippen molar-refractivity contribution in [1.82, 2.24) is 0 Å². The largest absolute Gasteiger partial charge is 0.479 e. The molecule has 1 aliphatic rings. The number of carboxylic acid groups (broad SMARTS) is 1. The van der Waals surface area contributed by atoms with Gasteiger partial charge >= 0.3 is 23.9 Å². The summed E-state index contributed by atoms with van der Waals surface area (Å²) in [5.41, 5.74) is 0. The number of carbonyl (C=O) groups is 4. The van der Waals surface area contributed by atoms with E-state index in [1.165, 1.54) is 116 Å². The lowest BCUT2D eigenvalue weighted by molar-refractivity contribution is -0.301. The Hall–Kier alpha value is -4.36. The number of rotatable bonds is 58. The summed E-state index contributed by atoms with van der Waals surface area (Å²) in [5.74, 6) is -3.23. The van der Waals surface area contributed by atoms with Crippen molar-refractivity contribution in [2.45, 2.75) is 327 Å². The Labute approximate surface area is 517 Å². The molecule has 3 N–H and O–H groups in total. The first-order valence-corrected chi connectivity index (χ1v) is 34.2. The predicted molar refractivity (Wildman–Crippen MR) is 349 cm³/mol. The van der Waals surface area contributed by atoms with Crippen molar-refractivity contribution in [3.63, 3.8) is 0 Å². The molecular weight excluding hydrogens is 1070 g/mol. The van der Waals surface area contributed by atoms with Crippen LogP contribution in [0.2, 0.25) is 0 Å². The smallest absolute Gasteiger partial charge is 0.335 e. The van der Waals surface area contributed by atoms with Crippen LogP contribution in [0, 0.1) is 0 Å². The van der Waals surface area contributed by atoms with Crippen LogP contribution in [0.25, 0.3) is 0 Å². The number of carboxylic acids is 1. The van der Waals surface area contributed by atoms with Crippen LogP contribution in [-0.4, -0.2) is 89.2 Å². The highest BCUT2D eigenvalue weighted by atomic mass is 16.7. The van der Waals surface area contributed by atoms with Crippen LogP contribution in [0.1, 0.15) is 290 Å². The van der Waals surface area contributed by atoms with E-state index < -0.39 is 67.3 Å². The molecule has 0 bridgehead atoms. The van der Waals surface area contributed by atoms with E-state index in [1.54, 1.807) is 0 Å². The second-order valence-corrected chi connectivity index (χ2v) is 23.1. The minimum Gasteiger partial charge on any atom is -0.479 e. The number of aliphatic hydroxyl groups is 2. The predicted octanol–water partition coefficient (Wildman–Crippen LogP) is 18.8. The first kappa shape index (κ1) is 78.7. The fourth-order valence-corrected chi connectivity index (χ4v) is 9.96. The molecule has 486 valence electrons. The van der Waals surface area contributed by atoms with Gasteiger partial charge in [-0.25, -0.2) is 4.79 Å². The summed E-state index contributed by atoms with van der Waals surface area (Å²) in [6.45, 7) is 5.83. The van der Waals surface area contributed by atoms with Gasteiger partial charge in [-0.05, 0) is 89.9 Å². The van der Waals surface area contributed by atoms with Crippen LogP contribution in [0.4, 0.5) is 0 Å². The highest BCUT2D eigenvalue weighted by Gasteiger charge is 2.50. The molecule has 0 aliphatic carbocycles. The Morgan fingerprint density at radius 3 is 1.20 bits per heavy atom. The van der Waals surface area contributed by atoms with E-state index >= 15 is 0 Å². The minimum absolute atomic E-state index is 0.0421. The van der Waals surface area contributed by atoms with E-state index in [4.69, 9.17) is 23.7 Å². The highest BCUT2D eigenvalue weighted by Crippen LogP contribution is 2.27. The quantitative estimate of drug-likeness (QED) is 0.0228. The summed E-state index contributed by atoms with van der Waals surface area (Å²) < 4.78 is 28.5. The summed E-state index contributed by atoms with van der Waals surface area (Å²) in [7, 11) is 0. The number of aliphatic carboxylic acids is 1. The SMILES string of the molecule is CC/C=C\C/C=C\C/C=C\C/C=C\C/C=C\C/C=C\CCC(=O)OCC(COC1OC(C(=O)O)C(O)C(O)C1OC(=O)CCCCCCCCC/C=C\C/C=C\CCCCC)OC(=O)CCCCCCCCCCCCCCCCCCCCC. The lowest BCUT2D eigenvalue weighted by Crippen LogP contribution is -2.61. The molecule has 0 radical (unpaired) electrons. The lowest BCUT2D eigenvalue weighted by atomic mass is 9.98. The van der Waals surface area contributed by atoms with E-state index in [9.17, 15) is 34.5 Å². The molecule has 1 aliphatic heterocycles. The summed E-state index contributed by atoms with van der Waals surface area (Å²) in [4.78, 5) is 51.4. The van der Waals surface area contributed by atoms with Crippen LogP contribution in [-0.2, 0) is 42.9 Å². The van der Waals surface area contributed by atoms with Crippen LogP contribution < -0.4 is 0 Å². The van der Waals surface area contributed by atoms with E-state index in [1.807, 2.05) is 12.2 Å². The Kier molecular flexibility index (Phi) is 55.5. The Bertz CT molecular complexity index is 1840. The number of allylic oxidation sites excluding steroid dienone is 16. The maximum Gasteiger partial charge on any atom is 0.335 e. The summed E-state index contributed by atoms with van der Waals surface area (Å²) in [5, 5.41) is 31.6. The van der Waals surface area contributed by atoms with Crippen molar-refractivity contribution in [1.29, 1.82) is 0 Å². The molecule has 6 unspecified atom stereocenters. The monoisotopic (exact) mass is 1190 g/mol. The number of hydrogen-bond donors (Lipinski definition) is 3. The normalized spacial score (nSPS) is 18.1. The number of aliphatic hydroxyl groups excluding tert-OH is 2. The first-order valence-electron chi connectivity index (χ1n) is 34.2. The molecule has 1 saturated heterocycles. The van der Waals surface area contributed by atoms with Crippen molar-refractivity contribution >= 4 is 23.9 Å². The number of hydrogen-bond acceptors (Lipinski definition) is 11. The topological polar surface area (TPSA) is 175 Å². The van der Waals surface area contributed by atoms with E-state index in [-0.39, 0.29) is 25.9 Å². The third-order valence-electron chi connectivity index (χ3n) is 15.2. The van der Waals surface area contributed by atoms with Gasteiger partial charge in [0.1, 0.15) is 18.8 Å². The zero-order valence-corrected chi connectivity index (χ0v) is 53.8. The Balaban J connectivity index is 2.69. The number of carbonyl (C=O) groups excluding carboxylic acids is 3. The van der Waals surface area contributed by atoms with Crippen LogP contribution in [0.3, 0.4) is 0 Å². The van der Waals surface area contributed by atoms with Gasteiger partial charge < -0.3 is 39.0 Å². The molecule has 12 nitrogen and oxygen atoms in total. The van der Waals surface area contributed by atoms with Gasteiger partial charge in [0, 0.05) is 19.3 Å². The maximum atomic E-state index is 13.2. The maximum absolute atomic E-state index is 13.2. The van der Waals surface area contributed by atoms with Crippen molar-refractivity contribution in [3.8, 4) is 0 Å². The average molecular weight is 1190 g/mol. The highest BCUT2D eigenvalue weighted by molar-refractivity contribution is 5.74. The molecule has 85 heavy (non-hydrogen) atoms. The molecule has 0 aromatic heterocycles. The minimum atomic E-state index is -1.92. The van der Waals surface area contributed by atoms with E-state index in [2.05, 4.69) is 106 Å². The molecule has 1 fully saturated rings. The summed E-state index contributed by atoms with van der Waals surface area (Å²) in [6, 6.07) is 0. The number of esters is 3. The first-order chi connectivity index (χ1) is 41.6. The number of ether oxygens (including phenoxy) is 5. The van der Waals surface area contributed by atoms with Crippen molar-refractivity contribution in [2.24, 2.45) is 0 Å². The lowest BCUT2D eigenvalue weighted by Gasteiger charge is -2.40. The molecule has 0 aromatic rings. The van der Waals surface area contributed by atoms with Crippen molar-refractivity contribution < 1.29 is 58.2 Å². The summed E-state index contributed by atoms with van der Waals surface area (Å²) >= 11 is 0. The second-order valence-electron chi connectivity index (χ2n) is 23.1. The molecule has 6 atom stereocenters. The molecule has 1 rings (SSSR count). The van der Waals surface area contributed by atoms with Gasteiger partial charge in [-0.1, -0.05) is 279 Å². The summed E-state index contributed by atoms with van der Waals surface area (Å²) in [6.07, 6.45) is 68.0. The van der Waals surface area contributed by atoms with Crippen LogP contribution in [0.15, 0.2) is 97.2 Å². The van der Waals surface area contributed by atoms with E-state index in [0.717, 1.165) is 116 Å². The van der Waals surface area contributed by atoms with E-state index in [0.29, 0.717) is 19.3 Å². The molecule has 1 heterocycles. The standard InChI is InChI=1S/C73H122O12/c1-4-7-10-13-16-19-22-25-28-31-33-36-38-41-44-47-50-53-56-59-65(74)81-62-64(83-66(75)60-57-54-51-48-45-42-40-37-34-32-29-26-23-20-17-14-11-8-5-2)63-82-73-71(69(78)68(77)70(85-73)72(79)80)84-67(76)61-58-55-52-49-46-43-39-35-30-27-24-21-18-15-12-9-6-3/h7,10,16,18-19,21,25,27-28,30,33,36,41,44,50,53,64,68-71,73,77-78H,4-6,8-9,11-15,17,20,22-24,26,29,31-32,34-35,37-40,42-43,45-49,51-52,54-63H2,1-3H3,(H,79,80)/b10-7-,19-16-,21-18-,28-25-,30-27-,36-33-,44-41-,53-50-. The zero-order chi connectivity index (χ0) is 61.7. The Morgan fingerprint density at radius 2 is 0.765 bits per heavy atom. The number of unbranched alkanes of at least 4 members (excludes halogenated alkanes) is 28. The fraction of sp³-hybridized carbons (Fsp3) is 0.726. The fourth-order valence-electron chi connectivity index (χ4n) is 9.96. The van der Waals surface area contributed by atoms with Crippen molar-refractivity contribution in [2.75, 3.05) is 13.2 Å². The third-order valence-corrected chi connectivity index (χ3v) is 15.2.